The van der Waals surface area contributed by atoms with Gasteiger partial charge in [-0.1, -0.05) is 0 Å². The van der Waals surface area contributed by atoms with Crippen LogP contribution in [-0.4, -0.2) is 12.2 Å². The Morgan fingerprint density at radius 1 is 1.54 bits per heavy atom. The molecule has 1 aromatic rings. The molecule has 1 aromatic carbocycles. The van der Waals surface area contributed by atoms with Crippen molar-refractivity contribution in [3.63, 3.8) is 0 Å². The van der Waals surface area contributed by atoms with Gasteiger partial charge in [-0.15, -0.1) is 0 Å². The summed E-state index contributed by atoms with van der Waals surface area (Å²) in [6, 6.07) is 1.89. The molecule has 0 fully saturated rings. The first-order chi connectivity index (χ1) is 6.06. The van der Waals surface area contributed by atoms with Crippen LogP contribution in [0.25, 0.3) is 0 Å². The fourth-order valence-electron chi connectivity index (χ4n) is 1.19. The van der Waals surface area contributed by atoms with Gasteiger partial charge in [-0.2, -0.15) is 0 Å². The number of rotatable bonds is 2. The second-order valence-electron chi connectivity index (χ2n) is 2.83. The van der Waals surface area contributed by atoms with Gasteiger partial charge in [0.25, 0.3) is 0 Å². The number of hydrogen-bond donors (Lipinski definition) is 2. The van der Waals surface area contributed by atoms with Crippen molar-refractivity contribution in [2.45, 2.75) is 13.0 Å². The molecule has 0 aliphatic carbocycles. The van der Waals surface area contributed by atoms with Crippen molar-refractivity contribution in [2.75, 3.05) is 7.11 Å². The third-order valence-electron chi connectivity index (χ3n) is 1.75. The van der Waals surface area contributed by atoms with E-state index in [1.807, 2.05) is 0 Å². The minimum absolute atomic E-state index is 0.168. The van der Waals surface area contributed by atoms with Crippen LogP contribution >= 0.6 is 0 Å². The molecule has 0 bridgehead atoms. The first-order valence-electron chi connectivity index (χ1n) is 3.88. The Balaban J connectivity index is 3.30. The molecule has 3 N–H and O–H groups in total. The number of ether oxygens (including phenoxy) is 1. The molecule has 13 heavy (non-hydrogen) atoms. The van der Waals surface area contributed by atoms with Crippen LogP contribution in [0.4, 0.5) is 4.39 Å². The molecule has 0 saturated carbocycles. The van der Waals surface area contributed by atoms with Crippen molar-refractivity contribution in [2.24, 2.45) is 5.73 Å². The van der Waals surface area contributed by atoms with E-state index >= 15 is 0 Å². The van der Waals surface area contributed by atoms with E-state index in [1.165, 1.54) is 13.2 Å². The van der Waals surface area contributed by atoms with Gasteiger partial charge >= 0.3 is 0 Å². The molecule has 0 aromatic heterocycles. The maximum atomic E-state index is 13.2. The third-order valence-corrected chi connectivity index (χ3v) is 1.75. The molecule has 1 unspecified atom stereocenters. The highest BCUT2D eigenvalue weighted by atomic mass is 19.1. The second-order valence-corrected chi connectivity index (χ2v) is 2.83. The molecule has 0 aliphatic heterocycles. The summed E-state index contributed by atoms with van der Waals surface area (Å²) in [5, 5.41) is 9.07. The van der Waals surface area contributed by atoms with Crippen molar-refractivity contribution < 1.29 is 14.2 Å². The van der Waals surface area contributed by atoms with E-state index in [1.54, 1.807) is 6.92 Å². The summed E-state index contributed by atoms with van der Waals surface area (Å²) in [6.45, 7) is 1.65. The van der Waals surface area contributed by atoms with Gasteiger partial charge in [0.1, 0.15) is 17.3 Å². The zero-order valence-corrected chi connectivity index (χ0v) is 7.54. The minimum atomic E-state index is -0.549. The van der Waals surface area contributed by atoms with Crippen LogP contribution < -0.4 is 10.5 Å². The molecular formula is C9H12FNO2. The number of phenols is 1. The van der Waals surface area contributed by atoms with Crippen LogP contribution in [0.1, 0.15) is 18.5 Å². The highest BCUT2D eigenvalue weighted by Crippen LogP contribution is 2.30. The average molecular weight is 185 g/mol. The average Bonchev–Trinajstić information content (AvgIpc) is 2.01. The molecule has 0 saturated heterocycles. The normalized spacial score (nSPS) is 12.6. The Morgan fingerprint density at radius 3 is 2.62 bits per heavy atom. The van der Waals surface area contributed by atoms with Gasteiger partial charge in [-0.05, 0) is 6.92 Å². The molecule has 0 aliphatic rings. The summed E-state index contributed by atoms with van der Waals surface area (Å²) in [5.41, 5.74) is 5.82. The fourth-order valence-corrected chi connectivity index (χ4v) is 1.19. The van der Waals surface area contributed by atoms with Gasteiger partial charge in [0.15, 0.2) is 0 Å². The van der Waals surface area contributed by atoms with Gasteiger partial charge < -0.3 is 15.6 Å². The van der Waals surface area contributed by atoms with Gasteiger partial charge in [0, 0.05) is 23.7 Å². The maximum Gasteiger partial charge on any atom is 0.135 e. The summed E-state index contributed by atoms with van der Waals surface area (Å²) >= 11 is 0. The summed E-state index contributed by atoms with van der Waals surface area (Å²) in [4.78, 5) is 0. The third kappa shape index (κ3) is 1.89. The fraction of sp³-hybridized carbons (Fsp3) is 0.333. The van der Waals surface area contributed by atoms with Crippen LogP contribution in [0.5, 0.6) is 11.5 Å². The van der Waals surface area contributed by atoms with Crippen LogP contribution in [0.3, 0.4) is 0 Å². The summed E-state index contributed by atoms with van der Waals surface area (Å²) in [7, 11) is 1.40. The Bertz CT molecular complexity index is 313. The number of hydrogen-bond acceptors (Lipinski definition) is 3. The van der Waals surface area contributed by atoms with Crippen molar-refractivity contribution in [1.82, 2.24) is 0 Å². The maximum absolute atomic E-state index is 13.2. The number of phenolic OH excluding ortho intramolecular Hbond substituents is 1. The van der Waals surface area contributed by atoms with Gasteiger partial charge in [-0.3, -0.25) is 0 Å². The van der Waals surface area contributed by atoms with Crippen molar-refractivity contribution in [3.05, 3.63) is 23.5 Å². The zero-order chi connectivity index (χ0) is 10.0. The van der Waals surface area contributed by atoms with E-state index in [0.717, 1.165) is 6.07 Å². The Morgan fingerprint density at radius 2 is 2.15 bits per heavy atom. The lowest BCUT2D eigenvalue weighted by atomic mass is 10.1. The lowest BCUT2D eigenvalue weighted by Gasteiger charge is -2.12. The van der Waals surface area contributed by atoms with Crippen LogP contribution in [0.15, 0.2) is 12.1 Å². The van der Waals surface area contributed by atoms with Crippen molar-refractivity contribution >= 4 is 0 Å². The van der Waals surface area contributed by atoms with E-state index in [2.05, 4.69) is 0 Å². The molecule has 1 atom stereocenters. The van der Waals surface area contributed by atoms with Crippen LogP contribution in [0, 0.1) is 5.82 Å². The molecule has 3 nitrogen and oxygen atoms in total. The van der Waals surface area contributed by atoms with E-state index in [0.29, 0.717) is 0 Å². The van der Waals surface area contributed by atoms with Crippen molar-refractivity contribution in [3.8, 4) is 11.5 Å². The standard InChI is InChI=1S/C9H12FNO2/c1-5(11)9-7(10)3-6(12)4-8(9)13-2/h3-5,12H,11H2,1-2H3. The predicted molar refractivity (Wildman–Crippen MR) is 47.2 cm³/mol. The Hall–Kier alpha value is -1.29. The molecule has 0 radical (unpaired) electrons. The number of methoxy groups -OCH3 is 1. The molecular weight excluding hydrogens is 173 g/mol. The monoisotopic (exact) mass is 185 g/mol. The quantitative estimate of drug-likeness (QED) is 0.735. The Kier molecular flexibility index (Phi) is 2.72. The number of benzene rings is 1. The van der Waals surface area contributed by atoms with E-state index in [-0.39, 0.29) is 17.1 Å². The van der Waals surface area contributed by atoms with Crippen LogP contribution in [0.2, 0.25) is 0 Å². The lowest BCUT2D eigenvalue weighted by Crippen LogP contribution is -2.09. The molecule has 0 spiro atoms. The van der Waals surface area contributed by atoms with E-state index < -0.39 is 11.9 Å². The molecule has 4 heteroatoms. The largest absolute Gasteiger partial charge is 0.508 e. The van der Waals surface area contributed by atoms with E-state index in [4.69, 9.17) is 15.6 Å². The number of halogens is 1. The predicted octanol–water partition coefficient (Wildman–Crippen LogP) is 1.56. The van der Waals surface area contributed by atoms with Gasteiger partial charge in [0.05, 0.1) is 7.11 Å². The highest BCUT2D eigenvalue weighted by molar-refractivity contribution is 5.42. The SMILES string of the molecule is COc1cc(O)cc(F)c1C(C)N. The number of nitrogens with two attached hydrogens (primary N) is 1. The summed E-state index contributed by atoms with van der Waals surface area (Å²) in [6.07, 6.45) is 0. The van der Waals surface area contributed by atoms with E-state index in [9.17, 15) is 4.39 Å². The molecule has 72 valence electrons. The minimum Gasteiger partial charge on any atom is -0.508 e. The molecule has 0 amide bonds. The van der Waals surface area contributed by atoms with Gasteiger partial charge in [0.2, 0.25) is 0 Å². The smallest absolute Gasteiger partial charge is 0.135 e. The van der Waals surface area contributed by atoms with Crippen LogP contribution in [-0.2, 0) is 0 Å². The van der Waals surface area contributed by atoms with Gasteiger partial charge in [-0.25, -0.2) is 4.39 Å². The topological polar surface area (TPSA) is 55.5 Å². The highest BCUT2D eigenvalue weighted by Gasteiger charge is 2.14. The summed E-state index contributed by atoms with van der Waals surface area (Å²) in [5.74, 6) is -0.446. The first-order valence-corrected chi connectivity index (χ1v) is 3.88. The van der Waals surface area contributed by atoms with Crippen molar-refractivity contribution in [1.29, 1.82) is 0 Å². The number of aromatic hydroxyl groups is 1. The zero-order valence-electron chi connectivity index (χ0n) is 7.54. The summed E-state index contributed by atoms with van der Waals surface area (Å²) < 4.78 is 18.1. The molecule has 0 heterocycles. The lowest BCUT2D eigenvalue weighted by molar-refractivity contribution is 0.392. The molecule has 1 rings (SSSR count). The Labute approximate surface area is 75.9 Å². The second kappa shape index (κ2) is 3.62. The first kappa shape index (κ1) is 9.80.